The van der Waals surface area contributed by atoms with E-state index in [1.807, 2.05) is 72.8 Å². The Labute approximate surface area is 217 Å². The van der Waals surface area contributed by atoms with E-state index in [9.17, 15) is 4.79 Å². The van der Waals surface area contributed by atoms with Gasteiger partial charge in [-0.15, -0.1) is 0 Å². The fraction of sp³-hybridized carbons (Fsp3) is 0.0714. The monoisotopic (exact) mass is 548 g/mol. The summed E-state index contributed by atoms with van der Waals surface area (Å²) in [7, 11) is 0. The molecule has 0 heterocycles. The van der Waals surface area contributed by atoms with Crippen LogP contribution in [0.3, 0.4) is 0 Å². The molecule has 0 spiro atoms. The topological polar surface area (TPSA) is 59.9 Å². The van der Waals surface area contributed by atoms with Crippen molar-refractivity contribution in [3.8, 4) is 11.5 Å². The van der Waals surface area contributed by atoms with Gasteiger partial charge in [-0.05, 0) is 71.8 Å². The summed E-state index contributed by atoms with van der Waals surface area (Å²) < 4.78 is 12.7. The molecule has 4 aromatic rings. The first-order valence-corrected chi connectivity index (χ1v) is 12.0. The molecule has 0 aromatic heterocycles. The Hall–Kier alpha value is -3.61. The molecule has 4 rings (SSSR count). The van der Waals surface area contributed by atoms with Crippen LogP contribution in [0.5, 0.6) is 11.5 Å². The summed E-state index contributed by atoms with van der Waals surface area (Å²) in [5.41, 5.74) is 5.84. The molecular weight excluding hydrogens is 528 g/mol. The molecule has 0 unspecified atom stereocenters. The third-order valence-electron chi connectivity index (χ3n) is 5.03. The van der Waals surface area contributed by atoms with E-state index in [-0.39, 0.29) is 5.91 Å². The van der Waals surface area contributed by atoms with Crippen molar-refractivity contribution in [1.29, 1.82) is 0 Å². The molecule has 176 valence electrons. The van der Waals surface area contributed by atoms with E-state index in [2.05, 4.69) is 26.5 Å². The van der Waals surface area contributed by atoms with E-state index in [1.54, 1.807) is 30.5 Å². The zero-order valence-corrected chi connectivity index (χ0v) is 21.0. The maximum atomic E-state index is 12.5. The van der Waals surface area contributed by atoms with Crippen LogP contribution in [0.1, 0.15) is 27.0 Å². The van der Waals surface area contributed by atoms with Gasteiger partial charge in [0.25, 0.3) is 5.91 Å². The van der Waals surface area contributed by atoms with Crippen LogP contribution in [0.2, 0.25) is 5.02 Å². The maximum absolute atomic E-state index is 12.5. The fourth-order valence-corrected chi connectivity index (χ4v) is 3.53. The highest BCUT2D eigenvalue weighted by atomic mass is 79.9. The molecule has 0 aliphatic heterocycles. The Morgan fingerprint density at radius 2 is 1.46 bits per heavy atom. The Morgan fingerprint density at radius 1 is 0.829 bits per heavy atom. The normalized spacial score (nSPS) is 10.8. The summed E-state index contributed by atoms with van der Waals surface area (Å²) in [6, 6.07) is 29.8. The van der Waals surface area contributed by atoms with Crippen molar-refractivity contribution >= 4 is 39.7 Å². The van der Waals surface area contributed by atoms with Crippen LogP contribution in [-0.2, 0) is 13.2 Å². The number of benzene rings is 4. The number of para-hydroxylation sites is 1. The quantitative estimate of drug-likeness (QED) is 0.180. The zero-order valence-electron chi connectivity index (χ0n) is 18.7. The van der Waals surface area contributed by atoms with Crippen molar-refractivity contribution < 1.29 is 14.3 Å². The van der Waals surface area contributed by atoms with Gasteiger partial charge in [-0.25, -0.2) is 5.43 Å². The third kappa shape index (κ3) is 7.44. The van der Waals surface area contributed by atoms with Gasteiger partial charge in [-0.1, -0.05) is 63.9 Å². The number of ether oxygens (including phenoxy) is 2. The molecule has 0 saturated heterocycles. The van der Waals surface area contributed by atoms with Crippen molar-refractivity contribution in [3.05, 3.63) is 129 Å². The highest BCUT2D eigenvalue weighted by Crippen LogP contribution is 2.19. The van der Waals surface area contributed by atoms with Crippen LogP contribution in [0, 0.1) is 0 Å². The summed E-state index contributed by atoms with van der Waals surface area (Å²) in [4.78, 5) is 12.5. The van der Waals surface area contributed by atoms with Crippen molar-refractivity contribution in [1.82, 2.24) is 5.43 Å². The first kappa shape index (κ1) is 24.5. The second-order valence-corrected chi connectivity index (χ2v) is 8.94. The number of halogens is 2. The van der Waals surface area contributed by atoms with Gasteiger partial charge in [-0.2, -0.15) is 5.10 Å². The Kier molecular flexibility index (Phi) is 8.54. The van der Waals surface area contributed by atoms with Gasteiger partial charge in [-0.3, -0.25) is 4.79 Å². The number of nitrogens with one attached hydrogen (secondary N) is 1. The highest BCUT2D eigenvalue weighted by molar-refractivity contribution is 9.10. The Balaban J connectivity index is 1.30. The van der Waals surface area contributed by atoms with Crippen LogP contribution in [-0.4, -0.2) is 12.1 Å². The average molecular weight is 550 g/mol. The van der Waals surface area contributed by atoms with Gasteiger partial charge >= 0.3 is 0 Å². The molecule has 0 fully saturated rings. The van der Waals surface area contributed by atoms with Gasteiger partial charge in [0.2, 0.25) is 0 Å². The molecule has 1 amide bonds. The van der Waals surface area contributed by atoms with Crippen LogP contribution in [0.4, 0.5) is 0 Å². The maximum Gasteiger partial charge on any atom is 0.271 e. The Bertz CT molecular complexity index is 1290. The third-order valence-corrected chi connectivity index (χ3v) is 5.81. The largest absolute Gasteiger partial charge is 0.489 e. The molecule has 0 atom stereocenters. The number of carbonyl (C=O) groups is 1. The minimum atomic E-state index is -0.321. The first-order valence-electron chi connectivity index (χ1n) is 10.8. The first-order chi connectivity index (χ1) is 17.1. The molecule has 35 heavy (non-hydrogen) atoms. The molecule has 0 bridgehead atoms. The minimum Gasteiger partial charge on any atom is -0.489 e. The highest BCUT2D eigenvalue weighted by Gasteiger charge is 2.06. The van der Waals surface area contributed by atoms with E-state index >= 15 is 0 Å². The lowest BCUT2D eigenvalue weighted by Gasteiger charge is -2.09. The number of carbonyl (C=O) groups excluding carboxylic acids is 1. The molecule has 5 nitrogen and oxygen atoms in total. The predicted octanol–water partition coefficient (Wildman–Crippen LogP) is 7.02. The SMILES string of the molecule is O=C(N/N=C\c1ccccc1OCc1ccc(Br)cc1)c1ccc(OCc2ccc(Cl)cc2)cc1. The van der Waals surface area contributed by atoms with Gasteiger partial charge in [0, 0.05) is 20.6 Å². The molecule has 0 aliphatic carbocycles. The Morgan fingerprint density at radius 3 is 2.17 bits per heavy atom. The van der Waals surface area contributed by atoms with Gasteiger partial charge < -0.3 is 9.47 Å². The number of nitrogens with zero attached hydrogens (tertiary/aromatic N) is 1. The number of amides is 1. The van der Waals surface area contributed by atoms with E-state index in [0.717, 1.165) is 21.2 Å². The fourth-order valence-electron chi connectivity index (χ4n) is 3.14. The van der Waals surface area contributed by atoms with E-state index < -0.39 is 0 Å². The molecule has 4 aromatic carbocycles. The van der Waals surface area contributed by atoms with Gasteiger partial charge in [0.05, 0.1) is 6.21 Å². The molecule has 0 aliphatic rings. The second kappa shape index (κ2) is 12.2. The molecule has 0 saturated carbocycles. The van der Waals surface area contributed by atoms with Crippen LogP contribution in [0.15, 0.2) is 107 Å². The summed E-state index contributed by atoms with van der Waals surface area (Å²) in [6.07, 6.45) is 1.57. The number of hydrogen-bond donors (Lipinski definition) is 1. The standard InChI is InChI=1S/C28H22BrClN2O3/c29-24-11-5-20(6-12-24)19-35-27-4-2-1-3-23(27)17-31-32-28(33)22-9-15-26(16-10-22)34-18-21-7-13-25(30)14-8-21/h1-17H,18-19H2,(H,32,33)/b31-17-. The second-order valence-electron chi connectivity index (χ2n) is 7.59. The van der Waals surface area contributed by atoms with E-state index in [1.165, 1.54) is 0 Å². The zero-order chi connectivity index (χ0) is 24.5. The number of rotatable bonds is 9. The lowest BCUT2D eigenvalue weighted by atomic mass is 10.2. The number of hydrazone groups is 1. The van der Waals surface area contributed by atoms with Crippen LogP contribution >= 0.6 is 27.5 Å². The van der Waals surface area contributed by atoms with Crippen LogP contribution in [0.25, 0.3) is 0 Å². The number of hydrogen-bond acceptors (Lipinski definition) is 4. The van der Waals surface area contributed by atoms with Crippen molar-refractivity contribution in [2.45, 2.75) is 13.2 Å². The van der Waals surface area contributed by atoms with Crippen LogP contribution < -0.4 is 14.9 Å². The summed E-state index contributed by atoms with van der Waals surface area (Å²) in [5, 5.41) is 4.78. The van der Waals surface area contributed by atoms with Gasteiger partial charge in [0.15, 0.2) is 0 Å². The lowest BCUT2D eigenvalue weighted by Crippen LogP contribution is -2.17. The molecule has 1 N–H and O–H groups in total. The predicted molar refractivity (Wildman–Crippen MR) is 142 cm³/mol. The van der Waals surface area contributed by atoms with Crippen molar-refractivity contribution in [3.63, 3.8) is 0 Å². The lowest BCUT2D eigenvalue weighted by molar-refractivity contribution is 0.0955. The van der Waals surface area contributed by atoms with E-state index in [4.69, 9.17) is 21.1 Å². The minimum absolute atomic E-state index is 0.321. The molecule has 0 radical (unpaired) electrons. The van der Waals surface area contributed by atoms with Crippen molar-refractivity contribution in [2.24, 2.45) is 5.10 Å². The molecular formula is C28H22BrClN2O3. The molecule has 7 heteroatoms. The average Bonchev–Trinajstić information content (AvgIpc) is 2.89. The smallest absolute Gasteiger partial charge is 0.271 e. The summed E-state index contributed by atoms with van der Waals surface area (Å²) in [6.45, 7) is 0.841. The van der Waals surface area contributed by atoms with E-state index in [0.29, 0.717) is 35.3 Å². The van der Waals surface area contributed by atoms with Crippen molar-refractivity contribution in [2.75, 3.05) is 0 Å². The summed E-state index contributed by atoms with van der Waals surface area (Å²) >= 11 is 9.33. The summed E-state index contributed by atoms with van der Waals surface area (Å²) in [5.74, 6) is 1.02. The van der Waals surface area contributed by atoms with Gasteiger partial charge in [0.1, 0.15) is 24.7 Å².